The van der Waals surface area contributed by atoms with Crippen molar-refractivity contribution in [3.63, 3.8) is 0 Å². The highest BCUT2D eigenvalue weighted by molar-refractivity contribution is 6.30. The highest BCUT2D eigenvalue weighted by Gasteiger charge is 2.22. The normalized spacial score (nSPS) is 16.3. The van der Waals surface area contributed by atoms with E-state index in [9.17, 15) is 0 Å². The minimum absolute atomic E-state index is 0. The van der Waals surface area contributed by atoms with Gasteiger partial charge in [0.05, 0.1) is 0 Å². The van der Waals surface area contributed by atoms with E-state index >= 15 is 0 Å². The van der Waals surface area contributed by atoms with Crippen molar-refractivity contribution in [2.75, 3.05) is 19.6 Å². The molecule has 0 spiro atoms. The van der Waals surface area contributed by atoms with Crippen LogP contribution >= 0.6 is 36.4 Å². The zero-order valence-corrected chi connectivity index (χ0v) is 19.0. The number of likely N-dealkylation sites (N-methyl/N-ethyl adjacent to an activating group) is 1. The first-order valence-corrected chi connectivity index (χ1v) is 9.95. The van der Waals surface area contributed by atoms with Gasteiger partial charge in [-0.05, 0) is 56.6 Å². The molecule has 0 aliphatic carbocycles. The van der Waals surface area contributed by atoms with Crippen LogP contribution < -0.4 is 10.1 Å². The number of hydrogen-bond donors (Lipinski definition) is 1. The van der Waals surface area contributed by atoms with Gasteiger partial charge in [-0.25, -0.2) is 0 Å². The Bertz CT molecular complexity index is 709. The summed E-state index contributed by atoms with van der Waals surface area (Å²) in [6, 6.07) is 15.0. The number of hydrogen-bond acceptors (Lipinski definition) is 3. The molecule has 0 bridgehead atoms. The van der Waals surface area contributed by atoms with E-state index in [1.165, 1.54) is 30.5 Å². The van der Waals surface area contributed by atoms with Gasteiger partial charge in [0.2, 0.25) is 0 Å². The number of halogens is 3. The number of nitrogens with zero attached hydrogens (tertiary/aromatic N) is 1. The van der Waals surface area contributed by atoms with E-state index in [0.717, 1.165) is 36.0 Å². The Morgan fingerprint density at radius 3 is 2.61 bits per heavy atom. The number of benzene rings is 2. The molecular weight excluding hydrogens is 415 g/mol. The van der Waals surface area contributed by atoms with Gasteiger partial charge < -0.3 is 10.1 Å². The molecule has 156 valence electrons. The molecule has 0 aromatic heterocycles. The average molecular weight is 446 g/mol. The Morgan fingerprint density at radius 2 is 1.89 bits per heavy atom. The summed E-state index contributed by atoms with van der Waals surface area (Å²) in [5.41, 5.74) is 3.55. The topological polar surface area (TPSA) is 24.5 Å². The van der Waals surface area contributed by atoms with Crippen LogP contribution in [-0.4, -0.2) is 30.6 Å². The predicted molar refractivity (Wildman–Crippen MR) is 123 cm³/mol. The third kappa shape index (κ3) is 7.13. The van der Waals surface area contributed by atoms with Gasteiger partial charge in [-0.15, -0.1) is 24.8 Å². The lowest BCUT2D eigenvalue weighted by atomic mass is 10.1. The van der Waals surface area contributed by atoms with Crippen molar-refractivity contribution in [2.45, 2.75) is 45.9 Å². The molecule has 0 amide bonds. The van der Waals surface area contributed by atoms with Gasteiger partial charge in [-0.2, -0.15) is 0 Å². The first-order chi connectivity index (χ1) is 12.7. The van der Waals surface area contributed by atoms with Gasteiger partial charge in [0.1, 0.15) is 12.4 Å². The number of aryl methyl sites for hydroxylation is 1. The van der Waals surface area contributed by atoms with E-state index in [4.69, 9.17) is 16.3 Å². The Hall–Kier alpha value is -0.970. The van der Waals surface area contributed by atoms with E-state index < -0.39 is 0 Å². The van der Waals surface area contributed by atoms with Gasteiger partial charge in [0.15, 0.2) is 0 Å². The fourth-order valence-corrected chi connectivity index (χ4v) is 3.78. The van der Waals surface area contributed by atoms with Crippen LogP contribution in [0.15, 0.2) is 42.5 Å². The summed E-state index contributed by atoms with van der Waals surface area (Å²) in [6.07, 6.45) is 2.59. The van der Waals surface area contributed by atoms with Crippen molar-refractivity contribution in [1.29, 1.82) is 0 Å². The molecule has 0 saturated carbocycles. The lowest BCUT2D eigenvalue weighted by Crippen LogP contribution is -2.37. The summed E-state index contributed by atoms with van der Waals surface area (Å²) in [4.78, 5) is 2.56. The van der Waals surface area contributed by atoms with E-state index in [0.29, 0.717) is 12.6 Å². The third-order valence-electron chi connectivity index (χ3n) is 5.14. The first-order valence-electron chi connectivity index (χ1n) is 9.57. The summed E-state index contributed by atoms with van der Waals surface area (Å²) in [5.74, 6) is 0.904. The van der Waals surface area contributed by atoms with Crippen LogP contribution in [0.2, 0.25) is 5.02 Å². The van der Waals surface area contributed by atoms with E-state index in [1.807, 2.05) is 18.2 Å². The lowest BCUT2D eigenvalue weighted by Gasteiger charge is -2.23. The minimum atomic E-state index is 0. The molecule has 2 aromatic rings. The van der Waals surface area contributed by atoms with Gasteiger partial charge in [0.25, 0.3) is 0 Å². The van der Waals surface area contributed by atoms with Crippen molar-refractivity contribution in [3.05, 3.63) is 64.2 Å². The van der Waals surface area contributed by atoms with Crippen LogP contribution in [0.5, 0.6) is 5.75 Å². The molecule has 28 heavy (non-hydrogen) atoms. The number of likely N-dealkylation sites (tertiary alicyclic amines) is 1. The van der Waals surface area contributed by atoms with Crippen molar-refractivity contribution in [1.82, 2.24) is 10.2 Å². The van der Waals surface area contributed by atoms with Crippen molar-refractivity contribution < 1.29 is 4.74 Å². The third-order valence-corrected chi connectivity index (χ3v) is 5.37. The number of rotatable bonds is 8. The maximum absolute atomic E-state index is 6.21. The molecule has 1 aliphatic rings. The summed E-state index contributed by atoms with van der Waals surface area (Å²) < 4.78 is 6.07. The number of nitrogens with one attached hydrogen (secondary N) is 1. The molecule has 6 heteroatoms. The van der Waals surface area contributed by atoms with Crippen LogP contribution in [0.3, 0.4) is 0 Å². The second kappa shape index (κ2) is 12.6. The van der Waals surface area contributed by atoms with Gasteiger partial charge >= 0.3 is 0 Å². The Morgan fingerprint density at radius 1 is 1.14 bits per heavy atom. The smallest absolute Gasteiger partial charge is 0.124 e. The van der Waals surface area contributed by atoms with Gasteiger partial charge in [-0.1, -0.05) is 48.4 Å². The summed E-state index contributed by atoms with van der Waals surface area (Å²) >= 11 is 6.21. The molecule has 1 unspecified atom stereocenters. The first kappa shape index (κ1) is 25.1. The SMILES string of the molecule is CCN1CCCC1CNCc1cc(Cl)ccc1OCc1ccc(C)cc1.Cl.Cl. The summed E-state index contributed by atoms with van der Waals surface area (Å²) in [7, 11) is 0. The highest BCUT2D eigenvalue weighted by Crippen LogP contribution is 2.24. The fraction of sp³-hybridized carbons (Fsp3) is 0.455. The van der Waals surface area contributed by atoms with Crippen LogP contribution in [0.1, 0.15) is 36.5 Å². The molecule has 3 nitrogen and oxygen atoms in total. The monoisotopic (exact) mass is 444 g/mol. The largest absolute Gasteiger partial charge is 0.489 e. The maximum Gasteiger partial charge on any atom is 0.124 e. The predicted octanol–water partition coefficient (Wildman–Crippen LogP) is 5.64. The molecule has 1 aliphatic heterocycles. The van der Waals surface area contributed by atoms with Gasteiger partial charge in [-0.3, -0.25) is 4.90 Å². The summed E-state index contributed by atoms with van der Waals surface area (Å²) in [5, 5.41) is 4.35. The quantitative estimate of drug-likeness (QED) is 0.568. The van der Waals surface area contributed by atoms with Crippen LogP contribution in [0.25, 0.3) is 0 Å². The molecule has 0 radical (unpaired) electrons. The van der Waals surface area contributed by atoms with Crippen LogP contribution in [0, 0.1) is 6.92 Å². The molecule has 1 fully saturated rings. The minimum Gasteiger partial charge on any atom is -0.489 e. The molecule has 1 N–H and O–H groups in total. The number of ether oxygens (including phenoxy) is 1. The molecule has 3 rings (SSSR count). The zero-order chi connectivity index (χ0) is 18.4. The molecule has 1 atom stereocenters. The average Bonchev–Trinajstić information content (AvgIpc) is 3.10. The van der Waals surface area contributed by atoms with Crippen molar-refractivity contribution in [3.8, 4) is 5.75 Å². The standard InChI is InChI=1S/C22H29ClN2O.2ClH/c1-3-25-12-4-5-21(25)15-24-14-19-13-20(23)10-11-22(19)26-16-18-8-6-17(2)7-9-18;;/h6-11,13,21,24H,3-5,12,14-16H2,1-2H3;2*1H. The van der Waals surface area contributed by atoms with E-state index in [1.54, 1.807) is 0 Å². The van der Waals surface area contributed by atoms with Crippen LogP contribution in [-0.2, 0) is 13.2 Å². The molecule has 1 heterocycles. The Balaban J connectivity index is 0.00000196. The van der Waals surface area contributed by atoms with E-state index in [-0.39, 0.29) is 24.8 Å². The highest BCUT2D eigenvalue weighted by atomic mass is 35.5. The maximum atomic E-state index is 6.21. The lowest BCUT2D eigenvalue weighted by molar-refractivity contribution is 0.259. The van der Waals surface area contributed by atoms with Crippen LogP contribution in [0.4, 0.5) is 0 Å². The molecule has 1 saturated heterocycles. The Kier molecular flexibility index (Phi) is 11.2. The van der Waals surface area contributed by atoms with Crippen molar-refractivity contribution >= 4 is 36.4 Å². The second-order valence-corrected chi connectivity index (χ2v) is 7.52. The zero-order valence-electron chi connectivity index (χ0n) is 16.6. The van der Waals surface area contributed by atoms with E-state index in [2.05, 4.69) is 48.3 Å². The molecular formula is C22H31Cl3N2O. The summed E-state index contributed by atoms with van der Waals surface area (Å²) in [6.45, 7) is 9.06. The second-order valence-electron chi connectivity index (χ2n) is 7.08. The fourth-order valence-electron chi connectivity index (χ4n) is 3.59. The Labute approximate surface area is 186 Å². The molecule has 2 aromatic carbocycles. The van der Waals surface area contributed by atoms with Gasteiger partial charge in [0, 0.05) is 29.7 Å². The van der Waals surface area contributed by atoms with Crippen molar-refractivity contribution in [2.24, 2.45) is 0 Å².